The Labute approximate surface area is 148 Å². The van der Waals surface area contributed by atoms with Crippen molar-refractivity contribution in [3.8, 4) is 0 Å². The third-order valence-corrected chi connectivity index (χ3v) is 5.60. The average Bonchev–Trinajstić information content (AvgIpc) is 2.84. The second-order valence-electron chi connectivity index (χ2n) is 6.82. The van der Waals surface area contributed by atoms with Gasteiger partial charge in [0, 0.05) is 23.7 Å². The molecule has 2 fully saturated rings. The standard InChI is InChI=1S/C19H26N2O4/c1-4-25-19(23)20-13-7-5-12(6-8-13)15-11-14-9-10-16(21(14)2)17(15)18(22)24-3/h5-8,14-17H,4,9-11H2,1-3H3,(H,20,23)/t14-,15-,16?,17?/m1/s1. The highest BCUT2D eigenvalue weighted by molar-refractivity contribution is 5.84. The van der Waals surface area contributed by atoms with Gasteiger partial charge in [-0.05, 0) is 50.9 Å². The zero-order chi connectivity index (χ0) is 18.0. The number of amides is 1. The molecule has 2 heterocycles. The molecule has 3 rings (SSSR count). The van der Waals surface area contributed by atoms with E-state index < -0.39 is 6.09 Å². The first-order chi connectivity index (χ1) is 12.0. The SMILES string of the molecule is CCOC(=O)Nc1ccc([C@H]2C[C@H]3CCC(C2C(=O)OC)N3C)cc1. The number of methoxy groups -OCH3 is 1. The Bertz CT molecular complexity index is 631. The second-order valence-corrected chi connectivity index (χ2v) is 6.82. The van der Waals surface area contributed by atoms with Crippen LogP contribution >= 0.6 is 0 Å². The minimum Gasteiger partial charge on any atom is -0.469 e. The Hall–Kier alpha value is -2.08. The van der Waals surface area contributed by atoms with E-state index in [4.69, 9.17) is 9.47 Å². The number of carbonyl (C=O) groups excluding carboxylic acids is 2. The molecule has 6 heteroatoms. The van der Waals surface area contributed by atoms with Crippen LogP contribution in [0.25, 0.3) is 0 Å². The first-order valence-corrected chi connectivity index (χ1v) is 8.88. The number of hydrogen-bond acceptors (Lipinski definition) is 5. The monoisotopic (exact) mass is 346 g/mol. The normalized spacial score (nSPS) is 28.4. The lowest BCUT2D eigenvalue weighted by atomic mass is 9.76. The minimum absolute atomic E-state index is 0.129. The number of rotatable bonds is 4. The molecule has 2 saturated heterocycles. The summed E-state index contributed by atoms with van der Waals surface area (Å²) >= 11 is 0. The van der Waals surface area contributed by atoms with E-state index in [2.05, 4.69) is 17.3 Å². The van der Waals surface area contributed by atoms with Crippen molar-refractivity contribution in [1.82, 2.24) is 4.90 Å². The van der Waals surface area contributed by atoms with Crippen LogP contribution in [0.2, 0.25) is 0 Å². The van der Waals surface area contributed by atoms with Gasteiger partial charge in [-0.15, -0.1) is 0 Å². The molecule has 0 radical (unpaired) electrons. The van der Waals surface area contributed by atoms with Gasteiger partial charge in [-0.3, -0.25) is 15.0 Å². The number of benzene rings is 1. The summed E-state index contributed by atoms with van der Waals surface area (Å²) in [6.07, 6.45) is 2.67. The van der Waals surface area contributed by atoms with Gasteiger partial charge in [-0.25, -0.2) is 4.79 Å². The topological polar surface area (TPSA) is 67.9 Å². The molecule has 1 aromatic rings. The molecule has 6 nitrogen and oxygen atoms in total. The lowest BCUT2D eigenvalue weighted by molar-refractivity contribution is -0.150. The van der Waals surface area contributed by atoms with Crippen molar-refractivity contribution < 1.29 is 19.1 Å². The van der Waals surface area contributed by atoms with E-state index in [1.807, 2.05) is 24.3 Å². The molecule has 2 aliphatic heterocycles. The van der Waals surface area contributed by atoms with E-state index in [0.29, 0.717) is 18.3 Å². The maximum atomic E-state index is 12.4. The minimum atomic E-state index is -0.458. The lowest BCUT2D eigenvalue weighted by Gasteiger charge is -2.41. The molecule has 25 heavy (non-hydrogen) atoms. The third-order valence-electron chi connectivity index (χ3n) is 5.60. The number of anilines is 1. The molecular weight excluding hydrogens is 320 g/mol. The van der Waals surface area contributed by atoms with Crippen LogP contribution in [-0.2, 0) is 14.3 Å². The number of piperidine rings is 1. The van der Waals surface area contributed by atoms with E-state index in [9.17, 15) is 9.59 Å². The maximum absolute atomic E-state index is 12.4. The predicted molar refractivity (Wildman–Crippen MR) is 94.5 cm³/mol. The lowest BCUT2D eigenvalue weighted by Crippen LogP contribution is -2.49. The first-order valence-electron chi connectivity index (χ1n) is 8.88. The predicted octanol–water partition coefficient (Wildman–Crippen LogP) is 2.99. The first kappa shape index (κ1) is 17.7. The van der Waals surface area contributed by atoms with E-state index in [0.717, 1.165) is 24.8 Å². The quantitative estimate of drug-likeness (QED) is 0.849. The van der Waals surface area contributed by atoms with Gasteiger partial charge in [0.15, 0.2) is 0 Å². The third kappa shape index (κ3) is 3.49. The molecule has 0 aliphatic carbocycles. The maximum Gasteiger partial charge on any atom is 0.411 e. The van der Waals surface area contributed by atoms with Gasteiger partial charge in [0.1, 0.15) is 0 Å². The molecular formula is C19H26N2O4. The molecule has 0 aromatic heterocycles. The fourth-order valence-electron chi connectivity index (χ4n) is 4.37. The molecule has 0 saturated carbocycles. The van der Waals surface area contributed by atoms with Crippen LogP contribution in [-0.4, -0.2) is 49.8 Å². The van der Waals surface area contributed by atoms with E-state index in [1.54, 1.807) is 6.92 Å². The largest absolute Gasteiger partial charge is 0.469 e. The zero-order valence-electron chi connectivity index (χ0n) is 15.0. The van der Waals surface area contributed by atoms with Crippen LogP contribution < -0.4 is 5.32 Å². The number of fused-ring (bicyclic) bond motifs is 2. The number of carbonyl (C=O) groups is 2. The molecule has 1 amide bonds. The number of esters is 1. The van der Waals surface area contributed by atoms with E-state index >= 15 is 0 Å². The van der Waals surface area contributed by atoms with Gasteiger partial charge in [-0.2, -0.15) is 0 Å². The van der Waals surface area contributed by atoms with Crippen LogP contribution in [0, 0.1) is 5.92 Å². The summed E-state index contributed by atoms with van der Waals surface area (Å²) < 4.78 is 9.99. The zero-order valence-corrected chi connectivity index (χ0v) is 15.0. The van der Waals surface area contributed by atoms with Crippen molar-refractivity contribution in [2.24, 2.45) is 5.92 Å². The highest BCUT2D eigenvalue weighted by Crippen LogP contribution is 2.46. The molecule has 2 unspecified atom stereocenters. The summed E-state index contributed by atoms with van der Waals surface area (Å²) in [7, 11) is 3.58. The van der Waals surface area contributed by atoms with Gasteiger partial charge >= 0.3 is 12.1 Å². The Morgan fingerprint density at radius 3 is 2.60 bits per heavy atom. The van der Waals surface area contributed by atoms with Crippen molar-refractivity contribution in [2.75, 3.05) is 26.1 Å². The molecule has 136 valence electrons. The highest BCUT2D eigenvalue weighted by atomic mass is 16.5. The Morgan fingerprint density at radius 1 is 1.24 bits per heavy atom. The summed E-state index contributed by atoms with van der Waals surface area (Å²) in [5.41, 5.74) is 1.81. The van der Waals surface area contributed by atoms with Crippen molar-refractivity contribution >= 4 is 17.7 Å². The Morgan fingerprint density at radius 2 is 1.96 bits per heavy atom. The molecule has 2 aliphatic rings. The summed E-state index contributed by atoms with van der Waals surface area (Å²) in [5.74, 6) is -0.119. The van der Waals surface area contributed by atoms with Crippen molar-refractivity contribution in [1.29, 1.82) is 0 Å². The van der Waals surface area contributed by atoms with E-state index in [1.165, 1.54) is 7.11 Å². The number of nitrogens with one attached hydrogen (secondary N) is 1. The molecule has 2 bridgehead atoms. The Balaban J connectivity index is 1.79. The fourth-order valence-corrected chi connectivity index (χ4v) is 4.37. The summed E-state index contributed by atoms with van der Waals surface area (Å²) in [6, 6.07) is 8.48. The summed E-state index contributed by atoms with van der Waals surface area (Å²) in [4.78, 5) is 26.3. The van der Waals surface area contributed by atoms with Gasteiger partial charge in [0.2, 0.25) is 0 Å². The van der Waals surface area contributed by atoms with Crippen LogP contribution in [0.4, 0.5) is 10.5 Å². The fraction of sp³-hybridized carbons (Fsp3) is 0.579. The molecule has 4 atom stereocenters. The van der Waals surface area contributed by atoms with Crippen LogP contribution in [0.1, 0.15) is 37.7 Å². The highest BCUT2D eigenvalue weighted by Gasteiger charge is 2.49. The number of nitrogens with zero attached hydrogens (tertiary/aromatic N) is 1. The number of ether oxygens (including phenoxy) is 2. The second kappa shape index (κ2) is 7.44. The average molecular weight is 346 g/mol. The van der Waals surface area contributed by atoms with Crippen LogP contribution in [0.5, 0.6) is 0 Å². The molecule has 1 aromatic carbocycles. The number of hydrogen-bond donors (Lipinski definition) is 1. The van der Waals surface area contributed by atoms with Crippen LogP contribution in [0.15, 0.2) is 24.3 Å². The van der Waals surface area contributed by atoms with Crippen LogP contribution in [0.3, 0.4) is 0 Å². The molecule has 0 spiro atoms. The van der Waals surface area contributed by atoms with Gasteiger partial charge in [0.25, 0.3) is 0 Å². The summed E-state index contributed by atoms with van der Waals surface area (Å²) in [6.45, 7) is 2.10. The van der Waals surface area contributed by atoms with Crippen molar-refractivity contribution in [3.05, 3.63) is 29.8 Å². The smallest absolute Gasteiger partial charge is 0.411 e. The van der Waals surface area contributed by atoms with E-state index in [-0.39, 0.29) is 23.8 Å². The van der Waals surface area contributed by atoms with Gasteiger partial charge < -0.3 is 9.47 Å². The van der Waals surface area contributed by atoms with Gasteiger partial charge in [-0.1, -0.05) is 12.1 Å². The van der Waals surface area contributed by atoms with Crippen molar-refractivity contribution in [3.63, 3.8) is 0 Å². The van der Waals surface area contributed by atoms with Gasteiger partial charge in [0.05, 0.1) is 19.6 Å². The summed E-state index contributed by atoms with van der Waals surface area (Å²) in [5, 5.41) is 2.69. The van der Waals surface area contributed by atoms with Crippen molar-refractivity contribution in [2.45, 2.75) is 44.2 Å². The molecule has 1 N–H and O–H groups in total. The Kier molecular flexibility index (Phi) is 5.27.